The van der Waals surface area contributed by atoms with E-state index in [2.05, 4.69) is 10.3 Å². The van der Waals surface area contributed by atoms with Gasteiger partial charge in [-0.15, -0.1) is 0 Å². The average Bonchev–Trinajstić information content (AvgIpc) is 3.05. The molecule has 1 aromatic rings. The Bertz CT molecular complexity index is 413. The number of nitrogens with one attached hydrogen (secondary N) is 1. The molecule has 1 unspecified atom stereocenters. The van der Waals surface area contributed by atoms with Gasteiger partial charge in [0.25, 0.3) is 5.91 Å². The van der Waals surface area contributed by atoms with Gasteiger partial charge in [-0.3, -0.25) is 4.79 Å². The van der Waals surface area contributed by atoms with Crippen LogP contribution in [0.25, 0.3) is 0 Å². The highest BCUT2D eigenvalue weighted by molar-refractivity contribution is 5.92. The zero-order valence-corrected chi connectivity index (χ0v) is 11.6. The van der Waals surface area contributed by atoms with Crippen LogP contribution in [0.15, 0.2) is 12.5 Å². The lowest BCUT2D eigenvalue weighted by Gasteiger charge is -2.25. The lowest BCUT2D eigenvalue weighted by atomic mass is 10.2. The van der Waals surface area contributed by atoms with Crippen LogP contribution in [-0.4, -0.2) is 59.8 Å². The van der Waals surface area contributed by atoms with Crippen LogP contribution < -0.4 is 5.32 Å². The Morgan fingerprint density at radius 2 is 2.53 bits per heavy atom. The smallest absolute Gasteiger partial charge is 0.274 e. The standard InChI is InChI=1S/C13H22N4O2/c1-16-9-12(15-10-16)13(18)17(6-7-19-2)8-11-4-3-5-14-11/h9-11,14H,3-8H2,1-2H3. The summed E-state index contributed by atoms with van der Waals surface area (Å²) in [5, 5.41) is 3.41. The van der Waals surface area contributed by atoms with Crippen LogP contribution in [0, 0.1) is 0 Å². The lowest BCUT2D eigenvalue weighted by molar-refractivity contribution is 0.0674. The van der Waals surface area contributed by atoms with Crippen molar-refractivity contribution in [1.29, 1.82) is 0 Å². The Kier molecular flexibility index (Phi) is 4.93. The van der Waals surface area contributed by atoms with Crippen LogP contribution in [0.5, 0.6) is 0 Å². The second kappa shape index (κ2) is 6.68. The molecule has 0 radical (unpaired) electrons. The first-order chi connectivity index (χ1) is 9.20. The highest BCUT2D eigenvalue weighted by atomic mass is 16.5. The van der Waals surface area contributed by atoms with E-state index in [9.17, 15) is 4.79 Å². The van der Waals surface area contributed by atoms with Gasteiger partial charge in [0.15, 0.2) is 0 Å². The maximum absolute atomic E-state index is 12.4. The van der Waals surface area contributed by atoms with Crippen LogP contribution in [0.3, 0.4) is 0 Å². The molecule has 106 valence electrons. The summed E-state index contributed by atoms with van der Waals surface area (Å²) in [6, 6.07) is 0.393. The quantitative estimate of drug-likeness (QED) is 0.802. The van der Waals surface area contributed by atoms with Crippen molar-refractivity contribution in [2.45, 2.75) is 18.9 Å². The number of nitrogens with zero attached hydrogens (tertiary/aromatic N) is 3. The summed E-state index contributed by atoms with van der Waals surface area (Å²) in [5.41, 5.74) is 0.497. The largest absolute Gasteiger partial charge is 0.383 e. The van der Waals surface area contributed by atoms with Gasteiger partial charge >= 0.3 is 0 Å². The van der Waals surface area contributed by atoms with Gasteiger partial charge < -0.3 is 19.5 Å². The number of methoxy groups -OCH3 is 1. The molecular formula is C13H22N4O2. The fourth-order valence-electron chi connectivity index (χ4n) is 2.34. The summed E-state index contributed by atoms with van der Waals surface area (Å²) in [6.45, 7) is 2.91. The monoisotopic (exact) mass is 266 g/mol. The average molecular weight is 266 g/mol. The number of aryl methyl sites for hydroxylation is 1. The maximum Gasteiger partial charge on any atom is 0.274 e. The molecule has 1 atom stereocenters. The van der Waals surface area contributed by atoms with Crippen molar-refractivity contribution >= 4 is 5.91 Å². The molecule has 1 aliphatic rings. The van der Waals surface area contributed by atoms with Crippen LogP contribution in [0.1, 0.15) is 23.3 Å². The zero-order valence-electron chi connectivity index (χ0n) is 11.6. The minimum Gasteiger partial charge on any atom is -0.383 e. The van der Waals surface area contributed by atoms with Crippen LogP contribution in [0.2, 0.25) is 0 Å². The van der Waals surface area contributed by atoms with Crippen LogP contribution >= 0.6 is 0 Å². The van der Waals surface area contributed by atoms with E-state index in [1.165, 1.54) is 6.42 Å². The van der Waals surface area contributed by atoms with E-state index in [1.807, 2.05) is 11.9 Å². The summed E-state index contributed by atoms with van der Waals surface area (Å²) >= 11 is 0. The van der Waals surface area contributed by atoms with Gasteiger partial charge in [-0.25, -0.2) is 4.98 Å². The van der Waals surface area contributed by atoms with Gasteiger partial charge in [-0.2, -0.15) is 0 Å². The number of aromatic nitrogens is 2. The lowest BCUT2D eigenvalue weighted by Crippen LogP contribution is -2.42. The van der Waals surface area contributed by atoms with E-state index in [0.717, 1.165) is 19.5 Å². The van der Waals surface area contributed by atoms with Gasteiger partial charge in [-0.05, 0) is 19.4 Å². The fraction of sp³-hybridized carbons (Fsp3) is 0.692. The Morgan fingerprint density at radius 1 is 1.68 bits per heavy atom. The summed E-state index contributed by atoms with van der Waals surface area (Å²) < 4.78 is 6.88. The van der Waals surface area contributed by atoms with Crippen molar-refractivity contribution < 1.29 is 9.53 Å². The number of imidazole rings is 1. The topological polar surface area (TPSA) is 59.4 Å². The van der Waals surface area contributed by atoms with E-state index in [0.29, 0.717) is 24.9 Å². The number of carbonyl (C=O) groups excluding carboxylic acids is 1. The molecule has 19 heavy (non-hydrogen) atoms. The summed E-state index contributed by atoms with van der Waals surface area (Å²) in [4.78, 5) is 18.4. The van der Waals surface area contributed by atoms with E-state index in [-0.39, 0.29) is 5.91 Å². The van der Waals surface area contributed by atoms with E-state index < -0.39 is 0 Å². The van der Waals surface area contributed by atoms with Gasteiger partial charge in [-0.1, -0.05) is 0 Å². The first-order valence-electron chi connectivity index (χ1n) is 6.70. The van der Waals surface area contributed by atoms with E-state index in [1.54, 1.807) is 24.2 Å². The molecule has 1 aromatic heterocycles. The molecule has 1 saturated heterocycles. The maximum atomic E-state index is 12.4. The third kappa shape index (κ3) is 3.78. The number of hydrogen-bond acceptors (Lipinski definition) is 4. The Labute approximate surface area is 113 Å². The Balaban J connectivity index is 2.00. The summed E-state index contributed by atoms with van der Waals surface area (Å²) in [5.74, 6) is -0.0219. The Morgan fingerprint density at radius 3 is 3.11 bits per heavy atom. The van der Waals surface area contributed by atoms with E-state index >= 15 is 0 Å². The molecule has 1 aliphatic heterocycles. The molecule has 0 bridgehead atoms. The first kappa shape index (κ1) is 14.0. The molecule has 0 aromatic carbocycles. The number of carbonyl (C=O) groups is 1. The first-order valence-corrected chi connectivity index (χ1v) is 6.70. The molecule has 1 N–H and O–H groups in total. The predicted octanol–water partition coefficient (Wildman–Crippen LogP) is 0.261. The number of ether oxygens (including phenoxy) is 1. The number of hydrogen-bond donors (Lipinski definition) is 1. The molecular weight excluding hydrogens is 244 g/mol. The molecule has 0 saturated carbocycles. The van der Waals surface area contributed by atoms with Crippen molar-refractivity contribution in [2.75, 3.05) is 33.4 Å². The van der Waals surface area contributed by atoms with Gasteiger partial charge in [0.05, 0.1) is 12.9 Å². The zero-order chi connectivity index (χ0) is 13.7. The molecule has 0 aliphatic carbocycles. The van der Waals surface area contributed by atoms with Crippen LogP contribution in [-0.2, 0) is 11.8 Å². The molecule has 6 nitrogen and oxygen atoms in total. The molecule has 0 spiro atoms. The minimum absolute atomic E-state index is 0.0219. The molecule has 6 heteroatoms. The van der Waals surface area contributed by atoms with Crippen LogP contribution in [0.4, 0.5) is 0 Å². The van der Waals surface area contributed by atoms with Crippen molar-refractivity contribution in [2.24, 2.45) is 7.05 Å². The van der Waals surface area contributed by atoms with Crippen molar-refractivity contribution in [3.05, 3.63) is 18.2 Å². The fourth-order valence-corrected chi connectivity index (χ4v) is 2.34. The molecule has 1 amide bonds. The molecule has 1 fully saturated rings. The van der Waals surface area contributed by atoms with Crippen molar-refractivity contribution in [1.82, 2.24) is 19.8 Å². The second-order valence-electron chi connectivity index (χ2n) is 4.96. The highest BCUT2D eigenvalue weighted by Crippen LogP contribution is 2.09. The number of amides is 1. The number of rotatable bonds is 6. The van der Waals surface area contributed by atoms with Crippen molar-refractivity contribution in [3.8, 4) is 0 Å². The summed E-state index contributed by atoms with van der Waals surface area (Å²) in [6.07, 6.45) is 5.71. The highest BCUT2D eigenvalue weighted by Gasteiger charge is 2.23. The third-order valence-electron chi connectivity index (χ3n) is 3.38. The van der Waals surface area contributed by atoms with E-state index in [4.69, 9.17) is 4.74 Å². The van der Waals surface area contributed by atoms with Gasteiger partial charge in [0.2, 0.25) is 0 Å². The van der Waals surface area contributed by atoms with Gasteiger partial charge in [0.1, 0.15) is 5.69 Å². The summed E-state index contributed by atoms with van der Waals surface area (Å²) in [7, 11) is 3.51. The normalized spacial score (nSPS) is 18.7. The van der Waals surface area contributed by atoms with Gasteiger partial charge in [0, 0.05) is 39.5 Å². The molecule has 2 heterocycles. The Hall–Kier alpha value is -1.40. The SMILES string of the molecule is COCCN(CC1CCCN1)C(=O)c1cn(C)cn1. The minimum atomic E-state index is -0.0219. The molecule has 2 rings (SSSR count). The second-order valence-corrected chi connectivity index (χ2v) is 4.96. The third-order valence-corrected chi connectivity index (χ3v) is 3.38. The predicted molar refractivity (Wildman–Crippen MR) is 72.0 cm³/mol. The van der Waals surface area contributed by atoms with Crippen molar-refractivity contribution in [3.63, 3.8) is 0 Å².